The quantitative estimate of drug-likeness (QED) is 0.0359. The van der Waals surface area contributed by atoms with Crippen molar-refractivity contribution in [3.05, 3.63) is 141 Å². The third kappa shape index (κ3) is 15.4. The average Bonchev–Trinajstić information content (AvgIpc) is 1.63. The Bertz CT molecular complexity index is 5520. The number of aromatic nitrogens is 20. The van der Waals surface area contributed by atoms with Gasteiger partial charge >= 0.3 is 28.9 Å². The van der Waals surface area contributed by atoms with Gasteiger partial charge in [0.2, 0.25) is 35.2 Å². The van der Waals surface area contributed by atoms with Crippen molar-refractivity contribution < 1.29 is 28.7 Å². The minimum absolute atomic E-state index is 0.0571. The normalized spacial score (nSPS) is 14.5. The summed E-state index contributed by atoms with van der Waals surface area (Å²) in [6, 6.07) is 23.5. The highest BCUT2D eigenvalue weighted by atomic mass is 35.6. The van der Waals surface area contributed by atoms with Gasteiger partial charge < -0.3 is 52.9 Å². The molecule has 16 rings (SSSR count). The Balaban J connectivity index is 0.000000138. The average molecular weight is 1500 g/mol. The number of piperidine rings is 3. The first-order valence-electron chi connectivity index (χ1n) is 32.5. The van der Waals surface area contributed by atoms with Crippen molar-refractivity contribution in [2.45, 2.75) is 80.7 Å². The van der Waals surface area contributed by atoms with Crippen molar-refractivity contribution >= 4 is 154 Å². The molecule has 0 atom stereocenters. The van der Waals surface area contributed by atoms with Crippen LogP contribution < -0.4 is 53.9 Å². The molecule has 36 nitrogen and oxygen atoms in total. The van der Waals surface area contributed by atoms with Crippen LogP contribution in [0.3, 0.4) is 0 Å². The summed E-state index contributed by atoms with van der Waals surface area (Å²) < 4.78 is 14.4. The third-order valence-electron chi connectivity index (χ3n) is 17.8. The van der Waals surface area contributed by atoms with Gasteiger partial charge in [-0.2, -0.15) is 0 Å². The van der Waals surface area contributed by atoms with E-state index in [1.54, 1.807) is 31.9 Å². The Labute approximate surface area is 607 Å². The maximum absolute atomic E-state index is 12.6. The molecule has 0 saturated carbocycles. The lowest BCUT2D eigenvalue weighted by atomic mass is 10.0. The van der Waals surface area contributed by atoms with E-state index in [1.165, 1.54) is 31.1 Å². The van der Waals surface area contributed by atoms with Crippen LogP contribution >= 0.6 is 46.4 Å². The number of para-hydroxylation sites is 6. The number of benzene rings is 3. The molecule has 3 saturated heterocycles. The number of carboxylic acid groups (broad SMARTS) is 1. The van der Waals surface area contributed by atoms with Gasteiger partial charge in [0, 0.05) is 99.3 Å². The number of hydrazine groups is 2. The molecule has 0 spiro atoms. The summed E-state index contributed by atoms with van der Waals surface area (Å²) in [6.45, 7) is 8.62. The number of nitrogens with zero attached hydrogens (tertiary/aromatic N) is 20. The number of imidazole rings is 6. The number of aromatic carboxylic acids is 1. The first kappa shape index (κ1) is 72.4. The lowest BCUT2D eigenvalue weighted by molar-refractivity contribution is -0.120. The van der Waals surface area contributed by atoms with Gasteiger partial charge in [0.25, 0.3) is 9.14 Å². The number of nitrogens with one attached hydrogen (secondary N) is 6. The summed E-state index contributed by atoms with van der Waals surface area (Å²) in [5, 5.41) is 17.3. The zero-order valence-corrected chi connectivity index (χ0v) is 59.6. The van der Waals surface area contributed by atoms with Crippen LogP contribution in [0.5, 0.6) is 0 Å². The lowest BCUT2D eigenvalue weighted by Crippen LogP contribution is -2.41. The number of rotatable bonds is 9. The number of carboxylic acids is 1. The maximum Gasteiger partial charge on any atom is 0.372 e. The number of H-pyrrole nitrogens is 3. The smallest absolute Gasteiger partial charge is 0.372 e. The van der Waals surface area contributed by atoms with Gasteiger partial charge in [-0.1, -0.05) is 82.8 Å². The molecule has 0 radical (unpaired) electrons. The van der Waals surface area contributed by atoms with Crippen molar-refractivity contribution in [3.63, 3.8) is 0 Å². The number of amides is 3. The SMILES string of the molecule is CC(=O)NN.CC(=O)NNC(=O)c1nc2c(N3CCC(n4c(=O)[nH]c5ccccc54)CC3)ncnc2n1C.Cc1nnc(-c2nc3c(N4CCC(n5c(=O)[nH]c6ccccc65)CC4)ncnc3n2C)o1.ClC(Cl)(Cl)Cl.Cn1c(C(=O)O)nc2c(N3CCC(n4c(=O)[nH]c5ccccc54)CC3)ncnc21. The van der Waals surface area contributed by atoms with Crippen LogP contribution in [0.1, 0.15) is 97.6 Å². The molecule has 3 amide bonds. The van der Waals surface area contributed by atoms with Crippen molar-refractivity contribution in [1.29, 1.82) is 0 Å². The number of aromatic amines is 3. The number of halogens is 4. The molecule has 3 aliphatic heterocycles. The lowest BCUT2D eigenvalue weighted by Gasteiger charge is -2.33. The predicted octanol–water partition coefficient (Wildman–Crippen LogP) is 5.93. The van der Waals surface area contributed by atoms with Crippen molar-refractivity contribution in [3.8, 4) is 11.7 Å². The topological polar surface area (TPSA) is 443 Å². The van der Waals surface area contributed by atoms with Gasteiger partial charge in [-0.05, 0) is 74.9 Å². The largest absolute Gasteiger partial charge is 0.475 e. The third-order valence-corrected chi connectivity index (χ3v) is 17.8. The van der Waals surface area contributed by atoms with Crippen molar-refractivity contribution in [1.82, 2.24) is 114 Å². The molecular formula is C64H69Cl4N27O9. The number of hydrogen-bond donors (Lipinski definition) is 8. The number of alkyl halides is 4. The minimum atomic E-state index is -1.61. The summed E-state index contributed by atoms with van der Waals surface area (Å²) in [5.41, 5.74) is 14.9. The molecule has 542 valence electrons. The van der Waals surface area contributed by atoms with Crippen molar-refractivity contribution in [2.24, 2.45) is 27.0 Å². The summed E-state index contributed by atoms with van der Waals surface area (Å²) in [7, 11) is 5.19. The Hall–Kier alpha value is -11.3. The van der Waals surface area contributed by atoms with Crippen LogP contribution in [0.15, 0.2) is 111 Å². The molecule has 13 heterocycles. The Morgan fingerprint density at radius 2 is 0.865 bits per heavy atom. The number of carbonyl (C=O) groups is 4. The fourth-order valence-corrected chi connectivity index (χ4v) is 13.1. The zero-order chi connectivity index (χ0) is 73.8. The van der Waals surface area contributed by atoms with E-state index in [1.807, 2.05) is 104 Å². The van der Waals surface area contributed by atoms with E-state index in [0.29, 0.717) is 88.9 Å². The van der Waals surface area contributed by atoms with Crippen LogP contribution in [0, 0.1) is 6.92 Å². The van der Waals surface area contributed by atoms with E-state index in [2.05, 4.69) is 96.4 Å². The molecule has 0 aliphatic carbocycles. The molecule has 3 fully saturated rings. The summed E-state index contributed by atoms with van der Waals surface area (Å²) in [6.07, 6.45) is 9.15. The second-order valence-corrected chi connectivity index (χ2v) is 27.8. The highest BCUT2D eigenvalue weighted by Crippen LogP contribution is 2.35. The summed E-state index contributed by atoms with van der Waals surface area (Å²) in [4.78, 5) is 137. The zero-order valence-electron chi connectivity index (χ0n) is 56.6. The van der Waals surface area contributed by atoms with Crippen LogP contribution in [0.2, 0.25) is 0 Å². The molecule has 3 aromatic carbocycles. The van der Waals surface area contributed by atoms with E-state index >= 15 is 0 Å². The van der Waals surface area contributed by atoms with Gasteiger partial charge in [0.05, 0.1) is 33.1 Å². The number of fused-ring (bicyclic) bond motifs is 6. The van der Waals surface area contributed by atoms with E-state index in [-0.39, 0.29) is 58.7 Å². The number of carbonyl (C=O) groups excluding carboxylic acids is 3. The Morgan fingerprint density at radius 1 is 0.519 bits per heavy atom. The number of aryl methyl sites for hydroxylation is 4. The summed E-state index contributed by atoms with van der Waals surface area (Å²) in [5.74, 6) is 5.79. The molecule has 9 N–H and O–H groups in total. The Kier molecular flexibility index (Phi) is 21.4. The molecule has 3 aliphatic rings. The second-order valence-electron chi connectivity index (χ2n) is 24.4. The molecule has 104 heavy (non-hydrogen) atoms. The molecule has 0 bridgehead atoms. The molecule has 10 aromatic heterocycles. The van der Waals surface area contributed by atoms with Crippen LogP contribution in [0.4, 0.5) is 17.5 Å². The van der Waals surface area contributed by atoms with E-state index in [0.717, 1.165) is 90.5 Å². The monoisotopic (exact) mass is 1500 g/mol. The van der Waals surface area contributed by atoms with Crippen LogP contribution in [-0.4, -0.2) is 169 Å². The van der Waals surface area contributed by atoms with Gasteiger partial charge in [-0.15, -0.1) is 10.2 Å². The van der Waals surface area contributed by atoms with Gasteiger partial charge in [-0.3, -0.25) is 44.4 Å². The predicted molar refractivity (Wildman–Crippen MR) is 388 cm³/mol. The van der Waals surface area contributed by atoms with Crippen molar-refractivity contribution in [2.75, 3.05) is 54.0 Å². The molecule has 13 aromatic rings. The van der Waals surface area contributed by atoms with Gasteiger partial charge in [0.1, 0.15) is 19.0 Å². The number of nitrogens with two attached hydrogens (primary N) is 1. The second kappa shape index (κ2) is 30.7. The molecular weight excluding hydrogens is 1430 g/mol. The summed E-state index contributed by atoms with van der Waals surface area (Å²) >= 11 is 19.3. The highest BCUT2D eigenvalue weighted by molar-refractivity contribution is 6.83. The van der Waals surface area contributed by atoms with Crippen LogP contribution in [-0.2, 0) is 30.7 Å². The van der Waals surface area contributed by atoms with E-state index < -0.39 is 15.1 Å². The number of anilines is 3. The van der Waals surface area contributed by atoms with Crippen LogP contribution in [0.25, 0.3) is 78.3 Å². The highest BCUT2D eigenvalue weighted by Gasteiger charge is 2.32. The maximum atomic E-state index is 12.6. The molecule has 0 unspecified atom stereocenters. The minimum Gasteiger partial charge on any atom is -0.475 e. The molecule has 40 heteroatoms. The van der Waals surface area contributed by atoms with E-state index in [4.69, 9.17) is 55.8 Å². The Morgan fingerprint density at radius 3 is 1.21 bits per heavy atom. The standard InChI is InChI=1S/C21H23N9O3.C21H21N9O2.C19H19N7O3.C2H6N2O.CCl4/c1-12(31)26-27-20(32)19-25-16-17(28(19)2)22-11-23-18(16)29-9-7-13(8-10-29)30-15-6-4-3-5-14(15)24-21(30)33;1-12-26-27-20(32-12)19-25-16-17(28(19)2)22-11-23-18(16)29-9-7-13(8-10-29)30-15-6-4-3-5-14(15)24-21(30)31;1-24-15-14(23-17(24)18(27)28)16(21-10-20-15)25-8-6-11(7-9-25)26-13-5-3-2-4-12(13)22-19(26)29;1-2(5)4-3;2-1(3,4)5/h3-6,11,13H,7-10H2,1-2H3,(H,24,33)(H,26,31)(H,27,32);3-6,11,13H,7-10H2,1-2H3,(H,24,31);2-5,10-11H,6-9H2,1H3,(H,22,29)(H,27,28);3H2,1H3,(H,4,5);. The van der Waals surface area contributed by atoms with Gasteiger partial charge in [0.15, 0.2) is 50.9 Å². The number of hydrogen-bond acceptors (Lipinski definition) is 23. The van der Waals surface area contributed by atoms with E-state index in [9.17, 15) is 38.7 Å². The van der Waals surface area contributed by atoms with Gasteiger partial charge in [-0.25, -0.2) is 69.9 Å². The fourth-order valence-electron chi connectivity index (χ4n) is 13.1. The fraction of sp³-hybridized carbons (Fsp3) is 0.344. The first-order valence-corrected chi connectivity index (χ1v) is 34.0. The first-order chi connectivity index (χ1) is 49.8.